The van der Waals surface area contributed by atoms with E-state index in [2.05, 4.69) is 73.1 Å². The Hall–Kier alpha value is -1.86. The lowest BCUT2D eigenvalue weighted by molar-refractivity contribution is 0.301. The topological polar surface area (TPSA) is 56.5 Å². The number of benzene rings is 3. The molecular formula is C26H21BrFI2N3O2. The van der Waals surface area contributed by atoms with Crippen molar-refractivity contribution in [3.05, 3.63) is 99.3 Å². The van der Waals surface area contributed by atoms with Crippen LogP contribution in [0.5, 0.6) is 5.75 Å². The molecule has 0 aliphatic carbocycles. The summed E-state index contributed by atoms with van der Waals surface area (Å²) in [6.45, 7) is 4.44. The van der Waals surface area contributed by atoms with Gasteiger partial charge in [-0.25, -0.2) is 9.37 Å². The van der Waals surface area contributed by atoms with Crippen LogP contribution in [0.3, 0.4) is 0 Å². The minimum Gasteiger partial charge on any atom is -0.487 e. The number of nitrogens with zero attached hydrogens (tertiary/aromatic N) is 3. The first-order valence-electron chi connectivity index (χ1n) is 10.9. The summed E-state index contributed by atoms with van der Waals surface area (Å²) in [4.78, 5) is 18.1. The van der Waals surface area contributed by atoms with E-state index in [9.17, 15) is 9.18 Å². The average Bonchev–Trinajstić information content (AvgIpc) is 2.83. The number of aromatic nitrogens is 2. The quantitative estimate of drug-likeness (QED) is 0.145. The van der Waals surface area contributed by atoms with Gasteiger partial charge in [-0.2, -0.15) is 9.78 Å². The maximum absolute atomic E-state index is 13.3. The number of ether oxygens (including phenoxy) is 1. The van der Waals surface area contributed by atoms with Crippen LogP contribution in [0.2, 0.25) is 0 Å². The summed E-state index contributed by atoms with van der Waals surface area (Å²) in [5.41, 5.74) is 2.18. The minimum absolute atomic E-state index is 0.0652. The van der Waals surface area contributed by atoms with Crippen molar-refractivity contribution < 1.29 is 9.13 Å². The number of fused-ring (bicyclic) bond motifs is 1. The first-order chi connectivity index (χ1) is 16.8. The van der Waals surface area contributed by atoms with Crippen molar-refractivity contribution in [2.45, 2.75) is 32.8 Å². The van der Waals surface area contributed by atoms with Gasteiger partial charge in [-0.1, -0.05) is 41.9 Å². The van der Waals surface area contributed by atoms with Crippen LogP contribution in [0, 0.1) is 13.0 Å². The monoisotopic (exact) mass is 759 g/mol. The Morgan fingerprint density at radius 1 is 1.14 bits per heavy atom. The maximum atomic E-state index is 13.3. The molecule has 0 fully saturated rings. The Bertz CT molecular complexity index is 1450. The van der Waals surface area contributed by atoms with E-state index in [1.54, 1.807) is 24.4 Å². The second-order valence-corrected chi connectivity index (χ2v) is 11.3. The van der Waals surface area contributed by atoms with Gasteiger partial charge in [0.1, 0.15) is 24.0 Å². The van der Waals surface area contributed by atoms with Gasteiger partial charge in [-0.15, -0.1) is 0 Å². The van der Waals surface area contributed by atoms with Gasteiger partial charge in [0.2, 0.25) is 0 Å². The number of halogens is 4. The summed E-state index contributed by atoms with van der Waals surface area (Å²) in [7, 11) is 0. The molecule has 0 spiro atoms. The highest BCUT2D eigenvalue weighted by Crippen LogP contribution is 2.29. The van der Waals surface area contributed by atoms with E-state index in [0.29, 0.717) is 23.3 Å². The Kier molecular flexibility index (Phi) is 8.59. The fourth-order valence-electron chi connectivity index (χ4n) is 3.43. The molecule has 1 aromatic heterocycles. The lowest BCUT2D eigenvalue weighted by atomic mass is 10.1. The third-order valence-corrected chi connectivity index (χ3v) is 7.62. The first-order valence-corrected chi connectivity index (χ1v) is 13.8. The zero-order chi connectivity index (χ0) is 25.1. The van der Waals surface area contributed by atoms with Crippen LogP contribution in [0.25, 0.3) is 10.9 Å². The molecule has 0 N–H and O–H groups in total. The van der Waals surface area contributed by atoms with E-state index < -0.39 is 0 Å². The Morgan fingerprint density at radius 3 is 2.49 bits per heavy atom. The predicted octanol–water partition coefficient (Wildman–Crippen LogP) is 7.48. The molecule has 0 unspecified atom stereocenters. The standard InChI is InChI=1S/C26H21BrFI2N3O2/c1-3-15(2)25-32-23-9-6-18(27)12-20(23)26(34)33(25)31-13-17-10-21(29)24(22(30)11-17)35-14-16-4-7-19(28)8-5-16/h4-13,15H,3,14H2,1-2H3/t15-/m1/s1. The first kappa shape index (κ1) is 26.2. The molecule has 35 heavy (non-hydrogen) atoms. The molecule has 0 aliphatic heterocycles. The van der Waals surface area contributed by atoms with Crippen LogP contribution in [-0.4, -0.2) is 15.9 Å². The molecule has 4 aromatic rings. The van der Waals surface area contributed by atoms with Gasteiger partial charge in [-0.3, -0.25) is 4.79 Å². The summed E-state index contributed by atoms with van der Waals surface area (Å²) in [5, 5.41) is 5.07. The van der Waals surface area contributed by atoms with Crippen LogP contribution in [0.1, 0.15) is 43.1 Å². The largest absolute Gasteiger partial charge is 0.487 e. The SMILES string of the molecule is CC[C@@H](C)c1nc2ccc(Br)cc2c(=O)n1N=Cc1cc(I)c(OCc2ccc(F)cc2)c(I)c1. The zero-order valence-corrected chi connectivity index (χ0v) is 24.8. The summed E-state index contributed by atoms with van der Waals surface area (Å²) >= 11 is 7.88. The van der Waals surface area contributed by atoms with E-state index in [0.717, 1.165) is 34.9 Å². The van der Waals surface area contributed by atoms with Crippen LogP contribution >= 0.6 is 61.1 Å². The lowest BCUT2D eigenvalue weighted by Crippen LogP contribution is -2.23. The van der Waals surface area contributed by atoms with Crippen LogP contribution < -0.4 is 10.3 Å². The van der Waals surface area contributed by atoms with Crippen molar-refractivity contribution in [2.24, 2.45) is 5.10 Å². The molecule has 0 saturated carbocycles. The Labute approximate surface area is 238 Å². The molecule has 0 amide bonds. The maximum Gasteiger partial charge on any atom is 0.282 e. The minimum atomic E-state index is -0.272. The van der Waals surface area contributed by atoms with Gasteiger partial charge in [-0.05, 0) is 105 Å². The van der Waals surface area contributed by atoms with Crippen LogP contribution in [-0.2, 0) is 6.61 Å². The van der Waals surface area contributed by atoms with E-state index in [1.807, 2.05) is 31.2 Å². The van der Waals surface area contributed by atoms with Crippen molar-refractivity contribution in [1.82, 2.24) is 9.66 Å². The van der Waals surface area contributed by atoms with E-state index in [4.69, 9.17) is 9.72 Å². The molecular weight excluding hydrogens is 739 g/mol. The van der Waals surface area contributed by atoms with Crippen molar-refractivity contribution >= 4 is 78.2 Å². The van der Waals surface area contributed by atoms with Gasteiger partial charge in [0.05, 0.1) is 24.3 Å². The highest BCUT2D eigenvalue weighted by Gasteiger charge is 2.16. The second-order valence-electron chi connectivity index (χ2n) is 8.03. The smallest absolute Gasteiger partial charge is 0.282 e. The highest BCUT2D eigenvalue weighted by atomic mass is 127. The Morgan fingerprint density at radius 2 is 1.83 bits per heavy atom. The summed E-state index contributed by atoms with van der Waals surface area (Å²) in [6.07, 6.45) is 2.51. The molecule has 0 aliphatic rings. The van der Waals surface area contributed by atoms with Gasteiger partial charge in [0, 0.05) is 10.4 Å². The number of hydrogen-bond donors (Lipinski definition) is 0. The predicted molar refractivity (Wildman–Crippen MR) is 158 cm³/mol. The van der Waals surface area contributed by atoms with Gasteiger partial charge < -0.3 is 4.74 Å². The lowest BCUT2D eigenvalue weighted by Gasteiger charge is -2.14. The molecule has 0 radical (unpaired) electrons. The summed E-state index contributed by atoms with van der Waals surface area (Å²) in [6, 6.07) is 15.7. The third-order valence-electron chi connectivity index (χ3n) is 5.53. The molecule has 1 heterocycles. The van der Waals surface area contributed by atoms with E-state index >= 15 is 0 Å². The summed E-state index contributed by atoms with van der Waals surface area (Å²) in [5.74, 6) is 1.18. The Balaban J connectivity index is 1.66. The van der Waals surface area contributed by atoms with Crippen molar-refractivity contribution in [2.75, 3.05) is 0 Å². The van der Waals surface area contributed by atoms with Gasteiger partial charge >= 0.3 is 0 Å². The normalized spacial score (nSPS) is 12.4. The van der Waals surface area contributed by atoms with Crippen molar-refractivity contribution in [3.63, 3.8) is 0 Å². The fraction of sp³-hybridized carbons (Fsp3) is 0.192. The van der Waals surface area contributed by atoms with E-state index in [-0.39, 0.29) is 17.3 Å². The molecule has 4 rings (SSSR count). The van der Waals surface area contributed by atoms with Gasteiger partial charge in [0.25, 0.3) is 5.56 Å². The molecule has 3 aromatic carbocycles. The van der Waals surface area contributed by atoms with Crippen LogP contribution in [0.15, 0.2) is 69.0 Å². The number of rotatable bonds is 7. The molecule has 9 heteroatoms. The highest BCUT2D eigenvalue weighted by molar-refractivity contribution is 14.1. The number of hydrogen-bond acceptors (Lipinski definition) is 4. The van der Waals surface area contributed by atoms with E-state index in [1.165, 1.54) is 16.8 Å². The summed E-state index contributed by atoms with van der Waals surface area (Å²) < 4.78 is 23.2. The third kappa shape index (κ3) is 6.11. The average molecular weight is 760 g/mol. The molecule has 0 saturated heterocycles. The van der Waals surface area contributed by atoms with Crippen molar-refractivity contribution in [3.8, 4) is 5.75 Å². The van der Waals surface area contributed by atoms with Crippen LogP contribution in [0.4, 0.5) is 4.39 Å². The molecule has 0 bridgehead atoms. The van der Waals surface area contributed by atoms with Gasteiger partial charge in [0.15, 0.2) is 0 Å². The van der Waals surface area contributed by atoms with Crippen molar-refractivity contribution in [1.29, 1.82) is 0 Å². The second kappa shape index (κ2) is 11.5. The zero-order valence-electron chi connectivity index (χ0n) is 18.9. The molecule has 1 atom stereocenters. The molecule has 180 valence electrons. The molecule has 5 nitrogen and oxygen atoms in total. The fourth-order valence-corrected chi connectivity index (χ4v) is 5.92.